The summed E-state index contributed by atoms with van der Waals surface area (Å²) in [6, 6.07) is 34.1. The quantitative estimate of drug-likeness (QED) is 0.0774. The van der Waals surface area contributed by atoms with Crippen molar-refractivity contribution >= 4 is 55.7 Å². The van der Waals surface area contributed by atoms with Crippen LogP contribution in [0.4, 0.5) is 0 Å². The van der Waals surface area contributed by atoms with E-state index in [1.807, 2.05) is 104 Å². The van der Waals surface area contributed by atoms with Gasteiger partial charge in [0, 0.05) is 60.1 Å². The number of pyridine rings is 2. The average molecular weight is 1350 g/mol. The second kappa shape index (κ2) is 31.7. The number of aryl methyl sites for hydroxylation is 4. The lowest BCUT2D eigenvalue weighted by atomic mass is 9.85. The Morgan fingerprint density at radius 1 is 0.490 bits per heavy atom. The first-order valence-electron chi connectivity index (χ1n) is 32.9. The second-order valence-corrected chi connectivity index (χ2v) is 28.4. The van der Waals surface area contributed by atoms with Gasteiger partial charge in [-0.25, -0.2) is 0 Å². The van der Waals surface area contributed by atoms with Crippen molar-refractivity contribution in [2.24, 2.45) is 23.7 Å². The third-order valence-corrected chi connectivity index (χ3v) is 20.9. The van der Waals surface area contributed by atoms with E-state index in [0.717, 1.165) is 37.1 Å². The van der Waals surface area contributed by atoms with Crippen molar-refractivity contribution in [1.82, 2.24) is 40.2 Å². The van der Waals surface area contributed by atoms with Crippen molar-refractivity contribution in [2.45, 2.75) is 140 Å². The summed E-state index contributed by atoms with van der Waals surface area (Å²) < 4.78 is 69.5. The molecule has 24 heteroatoms. The Morgan fingerprint density at radius 2 is 0.792 bits per heavy atom. The summed E-state index contributed by atoms with van der Waals surface area (Å²) in [5, 5.41) is 6.19. The van der Waals surface area contributed by atoms with Crippen LogP contribution in [-0.4, -0.2) is 168 Å². The Labute approximate surface area is 563 Å². The molecule has 2 aliphatic carbocycles. The normalized spacial score (nSPS) is 21.1. The molecule has 6 amide bonds. The minimum Gasteiger partial charge on any atom is -0.378 e. The molecule has 0 bridgehead atoms. The monoisotopic (exact) mass is 1350 g/mol. The third-order valence-electron chi connectivity index (χ3n) is 19.1. The van der Waals surface area contributed by atoms with Gasteiger partial charge in [-0.3, -0.25) is 47.8 Å². The number of carbonyl (C=O) groups is 6. The average Bonchev–Trinajstić information content (AvgIpc) is 1.26. The minimum atomic E-state index is -4.00. The van der Waals surface area contributed by atoms with Gasteiger partial charge in [-0.1, -0.05) is 138 Å². The van der Waals surface area contributed by atoms with E-state index in [1.54, 1.807) is 56.0 Å². The fraction of sp³-hybridized carbons (Fsp3) is 0.444. The van der Waals surface area contributed by atoms with E-state index in [2.05, 4.69) is 44.9 Å². The molecule has 4 saturated heterocycles. The van der Waals surface area contributed by atoms with Crippen LogP contribution >= 0.6 is 0 Å². The fourth-order valence-corrected chi connectivity index (χ4v) is 14.7. The van der Waals surface area contributed by atoms with Crippen molar-refractivity contribution in [2.75, 3.05) is 52.6 Å². The van der Waals surface area contributed by atoms with E-state index in [1.165, 1.54) is 46.5 Å². The molecule has 6 aromatic rings. The number of carbonyl (C=O) groups excluding carboxylic acids is 6. The van der Waals surface area contributed by atoms with Crippen LogP contribution in [0.3, 0.4) is 0 Å². The summed E-state index contributed by atoms with van der Waals surface area (Å²) >= 11 is 0. The maximum atomic E-state index is 14.5. The summed E-state index contributed by atoms with van der Waals surface area (Å²) in [5.74, 6) is -1.44. The Bertz CT molecular complexity index is 3690. The number of piperazine rings is 2. The molecule has 2 aromatic heterocycles. The van der Waals surface area contributed by atoms with Crippen LogP contribution in [-0.2, 0) is 84.2 Å². The Morgan fingerprint density at radius 3 is 1.06 bits per heavy atom. The van der Waals surface area contributed by atoms with E-state index in [4.69, 9.17) is 18.6 Å². The Hall–Kier alpha value is -8.26. The molecular weight excluding hydrogens is 1260 g/mol. The zero-order valence-electron chi connectivity index (χ0n) is 55.7. The number of hydrogen-bond acceptors (Lipinski definition) is 14. The molecule has 0 spiro atoms. The lowest BCUT2D eigenvalue weighted by Gasteiger charge is -2.47. The van der Waals surface area contributed by atoms with E-state index in [0.29, 0.717) is 88.0 Å². The molecular formula is C72H88N8O14S2. The van der Waals surface area contributed by atoms with Crippen LogP contribution in [0.15, 0.2) is 143 Å². The first-order valence-corrected chi connectivity index (χ1v) is 35.7. The van der Waals surface area contributed by atoms with Crippen LogP contribution in [0.2, 0.25) is 0 Å². The van der Waals surface area contributed by atoms with Gasteiger partial charge >= 0.3 is 0 Å². The van der Waals surface area contributed by atoms with Gasteiger partial charge in [-0.05, 0) is 136 Å². The van der Waals surface area contributed by atoms with Crippen molar-refractivity contribution in [3.63, 3.8) is 0 Å². The van der Waals surface area contributed by atoms with Gasteiger partial charge in [0.1, 0.15) is 36.3 Å². The standard InChI is InChI=1S/2C30H38N4O4.2C6H6O3S/c2*1-5-18(2)26-28(35)32-25(23-16-21-8-6-7-9-22(21)17-23)29(36)34(26)27(24-11-10-19(3)31-20(24)4)30(37)33-12-14-38-15-13-33;2*7-10(8,9)6-4-2-1-3-5-6/h2*6-11,18,23,25-27H,5,12-17H2,1-4H3,(H,32,35);2*1-5H,(H,7,8,9)/t2*18-,25?,26+,27+;;/m00../s1. The summed E-state index contributed by atoms with van der Waals surface area (Å²) in [6.45, 7) is 19.2. The number of fused-ring (bicyclic) bond motifs is 2. The highest BCUT2D eigenvalue weighted by atomic mass is 32.2. The molecule has 4 aliphatic heterocycles. The molecule has 4 fully saturated rings. The molecule has 8 atom stereocenters. The number of benzene rings is 4. The van der Waals surface area contributed by atoms with Gasteiger partial charge in [-0.15, -0.1) is 0 Å². The van der Waals surface area contributed by atoms with Crippen molar-refractivity contribution < 1.29 is 64.2 Å². The number of hydrogen-bond donors (Lipinski definition) is 4. The first kappa shape index (κ1) is 72.0. The highest BCUT2D eigenvalue weighted by molar-refractivity contribution is 7.86. The predicted octanol–water partition coefficient (Wildman–Crippen LogP) is 7.38. The molecule has 12 rings (SSSR count). The van der Waals surface area contributed by atoms with Crippen molar-refractivity contribution in [1.29, 1.82) is 0 Å². The molecule has 512 valence electrons. The Balaban J connectivity index is 0.000000175. The third kappa shape index (κ3) is 16.7. The molecule has 6 heterocycles. The molecule has 2 unspecified atom stereocenters. The first-order chi connectivity index (χ1) is 45.8. The van der Waals surface area contributed by atoms with E-state index in [9.17, 15) is 45.6 Å². The molecule has 22 nitrogen and oxygen atoms in total. The molecule has 6 aliphatic rings. The summed E-state index contributed by atoms with van der Waals surface area (Å²) in [7, 11) is -8.01. The largest absolute Gasteiger partial charge is 0.378 e. The van der Waals surface area contributed by atoms with E-state index in [-0.39, 0.29) is 68.9 Å². The molecule has 0 saturated carbocycles. The number of ether oxygens (including phenoxy) is 2. The zero-order chi connectivity index (χ0) is 69.2. The second-order valence-electron chi connectivity index (χ2n) is 25.5. The van der Waals surface area contributed by atoms with Crippen LogP contribution < -0.4 is 10.6 Å². The molecule has 4 N–H and O–H groups in total. The fourth-order valence-electron chi connectivity index (χ4n) is 13.7. The summed E-state index contributed by atoms with van der Waals surface area (Å²) in [4.78, 5) is 101. The summed E-state index contributed by atoms with van der Waals surface area (Å²) in [6.07, 6.45) is 4.30. The highest BCUT2D eigenvalue weighted by Gasteiger charge is 2.54. The number of aromatic nitrogens is 2. The number of nitrogens with one attached hydrogen (secondary N) is 2. The number of morpholine rings is 2. The summed E-state index contributed by atoms with van der Waals surface area (Å²) in [5.41, 5.74) is 9.30. The minimum absolute atomic E-state index is 0.0550. The van der Waals surface area contributed by atoms with Gasteiger partial charge < -0.3 is 39.7 Å². The zero-order valence-corrected chi connectivity index (χ0v) is 57.3. The maximum Gasteiger partial charge on any atom is 0.294 e. The Kier molecular flexibility index (Phi) is 23.8. The van der Waals surface area contributed by atoms with Crippen LogP contribution in [0.25, 0.3) is 0 Å². The highest BCUT2D eigenvalue weighted by Crippen LogP contribution is 2.40. The van der Waals surface area contributed by atoms with E-state index >= 15 is 0 Å². The van der Waals surface area contributed by atoms with E-state index < -0.39 is 56.5 Å². The number of amides is 6. The van der Waals surface area contributed by atoms with Gasteiger partial charge in [0.25, 0.3) is 20.2 Å². The van der Waals surface area contributed by atoms with Gasteiger partial charge in [0.2, 0.25) is 35.4 Å². The van der Waals surface area contributed by atoms with Crippen LogP contribution in [0, 0.1) is 51.4 Å². The smallest absolute Gasteiger partial charge is 0.294 e. The van der Waals surface area contributed by atoms with Crippen molar-refractivity contribution in [3.05, 3.63) is 190 Å². The lowest BCUT2D eigenvalue weighted by Crippen LogP contribution is -2.68. The predicted molar refractivity (Wildman–Crippen MR) is 359 cm³/mol. The van der Waals surface area contributed by atoms with Crippen LogP contribution in [0.1, 0.15) is 109 Å². The topological polar surface area (TPSA) is 292 Å². The van der Waals surface area contributed by atoms with Gasteiger partial charge in [-0.2, -0.15) is 16.8 Å². The molecule has 96 heavy (non-hydrogen) atoms. The lowest BCUT2D eigenvalue weighted by molar-refractivity contribution is -0.163. The maximum absolute atomic E-state index is 14.5. The van der Waals surface area contributed by atoms with Crippen LogP contribution in [0.5, 0.6) is 0 Å². The molecule has 0 radical (unpaired) electrons. The number of rotatable bonds is 14. The van der Waals surface area contributed by atoms with Gasteiger partial charge in [0.15, 0.2) is 0 Å². The van der Waals surface area contributed by atoms with Crippen molar-refractivity contribution in [3.8, 4) is 0 Å². The number of nitrogens with zero attached hydrogens (tertiary/aromatic N) is 6. The molecule has 4 aromatic carbocycles. The SMILES string of the molecule is CC[C@H](C)[C@@H]1C(=O)NC(C2Cc3ccccc3C2)C(=O)N1[C@@H](C(=O)N1CCOCC1)c1ccc(C)nc1C.CC[C@H](C)[C@@H]1C(=O)NC(C2Cc3ccccc3C2)C(=O)N1[C@@H](C(=O)N1CCOCC1)c1ccc(C)nc1C.O=S(=O)(O)c1ccccc1.O=S(=O)(O)c1ccccc1. The van der Waals surface area contributed by atoms with Gasteiger partial charge in [0.05, 0.1) is 36.2 Å².